The standard InChI is InChI=1S/C18H24O3/c1-13-9-10-15-17(2,3)18(21-15,16(19)20-12-11-13)14-7-5-4-6-8-14/h4-8,13,15H,9-12H2,1-3H3/t13-,15-,18+/m1/s1. The highest BCUT2D eigenvalue weighted by Crippen LogP contribution is 2.58. The molecule has 114 valence electrons. The van der Waals surface area contributed by atoms with E-state index >= 15 is 0 Å². The van der Waals surface area contributed by atoms with Crippen molar-refractivity contribution in [2.75, 3.05) is 6.61 Å². The smallest absolute Gasteiger partial charge is 0.343 e. The number of ether oxygens (including phenoxy) is 2. The molecule has 0 radical (unpaired) electrons. The monoisotopic (exact) mass is 288 g/mol. The highest BCUT2D eigenvalue weighted by atomic mass is 16.6. The zero-order valence-electron chi connectivity index (χ0n) is 13.1. The normalized spacial score (nSPS) is 35.5. The van der Waals surface area contributed by atoms with E-state index in [1.54, 1.807) is 0 Å². The Balaban J connectivity index is 1.99. The van der Waals surface area contributed by atoms with Crippen LogP contribution in [0.2, 0.25) is 0 Å². The van der Waals surface area contributed by atoms with Gasteiger partial charge in [-0.3, -0.25) is 0 Å². The predicted octanol–water partition coefficient (Wildman–Crippen LogP) is 3.67. The molecule has 3 heteroatoms. The largest absolute Gasteiger partial charge is 0.463 e. The Labute approximate surface area is 126 Å². The molecule has 3 heterocycles. The van der Waals surface area contributed by atoms with E-state index in [0.717, 1.165) is 24.8 Å². The first-order valence-corrected chi connectivity index (χ1v) is 7.89. The van der Waals surface area contributed by atoms with Crippen LogP contribution in [0, 0.1) is 11.3 Å². The van der Waals surface area contributed by atoms with Crippen LogP contribution >= 0.6 is 0 Å². The van der Waals surface area contributed by atoms with Gasteiger partial charge < -0.3 is 9.47 Å². The van der Waals surface area contributed by atoms with Gasteiger partial charge in [-0.1, -0.05) is 51.1 Å². The molecule has 0 N–H and O–H groups in total. The maximum atomic E-state index is 12.8. The predicted molar refractivity (Wildman–Crippen MR) is 80.7 cm³/mol. The summed E-state index contributed by atoms with van der Waals surface area (Å²) >= 11 is 0. The van der Waals surface area contributed by atoms with Crippen molar-refractivity contribution in [2.24, 2.45) is 11.3 Å². The molecule has 4 rings (SSSR count). The molecule has 0 aromatic heterocycles. The lowest BCUT2D eigenvalue weighted by atomic mass is 9.60. The van der Waals surface area contributed by atoms with Crippen LogP contribution in [-0.4, -0.2) is 18.7 Å². The van der Waals surface area contributed by atoms with Gasteiger partial charge >= 0.3 is 5.97 Å². The van der Waals surface area contributed by atoms with Crippen LogP contribution in [0.15, 0.2) is 30.3 Å². The molecule has 3 saturated heterocycles. The maximum absolute atomic E-state index is 12.8. The quantitative estimate of drug-likeness (QED) is 0.740. The van der Waals surface area contributed by atoms with Crippen molar-refractivity contribution in [3.63, 3.8) is 0 Å². The van der Waals surface area contributed by atoms with Crippen LogP contribution in [0.4, 0.5) is 0 Å². The second-order valence-corrected chi connectivity index (χ2v) is 6.98. The Hall–Kier alpha value is -1.35. The average molecular weight is 288 g/mol. The van der Waals surface area contributed by atoms with Gasteiger partial charge in [-0.2, -0.15) is 0 Å². The molecule has 3 fully saturated rings. The van der Waals surface area contributed by atoms with Gasteiger partial charge in [0.05, 0.1) is 12.7 Å². The first kappa shape index (κ1) is 14.6. The molecule has 1 aromatic carbocycles. The number of fused-ring (bicyclic) bond motifs is 6. The minimum Gasteiger partial charge on any atom is -0.463 e. The van der Waals surface area contributed by atoms with E-state index in [4.69, 9.17) is 9.47 Å². The van der Waals surface area contributed by atoms with Gasteiger partial charge in [0.15, 0.2) is 5.60 Å². The summed E-state index contributed by atoms with van der Waals surface area (Å²) in [4.78, 5) is 12.8. The molecule has 0 unspecified atom stereocenters. The summed E-state index contributed by atoms with van der Waals surface area (Å²) in [6.07, 6.45) is 3.18. The van der Waals surface area contributed by atoms with Crippen molar-refractivity contribution in [3.05, 3.63) is 35.9 Å². The van der Waals surface area contributed by atoms with Gasteiger partial charge in [-0.15, -0.1) is 0 Å². The van der Waals surface area contributed by atoms with E-state index in [2.05, 4.69) is 20.8 Å². The molecule has 0 amide bonds. The van der Waals surface area contributed by atoms with Gasteiger partial charge in [0.25, 0.3) is 0 Å². The Morgan fingerprint density at radius 1 is 1.10 bits per heavy atom. The number of rotatable bonds is 1. The van der Waals surface area contributed by atoms with Crippen LogP contribution in [0.3, 0.4) is 0 Å². The second kappa shape index (κ2) is 5.13. The van der Waals surface area contributed by atoms with E-state index in [0.29, 0.717) is 12.5 Å². The molecule has 3 nitrogen and oxygen atoms in total. The molecule has 3 aliphatic rings. The summed E-state index contributed by atoms with van der Waals surface area (Å²) in [5.74, 6) is 0.339. The van der Waals surface area contributed by atoms with Crippen LogP contribution in [0.5, 0.6) is 0 Å². The van der Waals surface area contributed by atoms with Gasteiger partial charge in [0, 0.05) is 5.41 Å². The van der Waals surface area contributed by atoms with Crippen molar-refractivity contribution in [3.8, 4) is 0 Å². The molecule has 2 bridgehead atoms. The Morgan fingerprint density at radius 3 is 2.48 bits per heavy atom. The van der Waals surface area contributed by atoms with Gasteiger partial charge in [0.1, 0.15) is 0 Å². The highest BCUT2D eigenvalue weighted by Gasteiger charge is 2.67. The van der Waals surface area contributed by atoms with Crippen molar-refractivity contribution < 1.29 is 14.3 Å². The lowest BCUT2D eigenvalue weighted by Gasteiger charge is -2.59. The molecule has 0 spiro atoms. The third-order valence-electron chi connectivity index (χ3n) is 5.26. The zero-order chi connectivity index (χ0) is 15.1. The van der Waals surface area contributed by atoms with E-state index in [1.165, 1.54) is 0 Å². The molecular weight excluding hydrogens is 264 g/mol. The lowest BCUT2D eigenvalue weighted by Crippen LogP contribution is -2.68. The second-order valence-electron chi connectivity index (χ2n) is 6.98. The first-order valence-electron chi connectivity index (χ1n) is 7.89. The third kappa shape index (κ3) is 2.10. The van der Waals surface area contributed by atoms with Crippen LogP contribution < -0.4 is 0 Å². The third-order valence-corrected chi connectivity index (χ3v) is 5.26. The minimum atomic E-state index is -0.945. The first-order chi connectivity index (χ1) is 9.98. The molecule has 0 saturated carbocycles. The molecule has 1 aromatic rings. The van der Waals surface area contributed by atoms with Crippen molar-refractivity contribution in [1.29, 1.82) is 0 Å². The Morgan fingerprint density at radius 2 is 1.81 bits per heavy atom. The number of carbonyl (C=O) groups excluding carboxylic acids is 1. The molecule has 3 atom stereocenters. The fraction of sp³-hybridized carbons (Fsp3) is 0.611. The number of esters is 1. The van der Waals surface area contributed by atoms with Gasteiger partial charge in [-0.25, -0.2) is 4.79 Å². The SMILES string of the molecule is C[C@H]1CCOC(=O)[C@]2(c3ccccc3)O[C@H](CC1)C2(C)C. The Kier molecular flexibility index (Phi) is 3.56. The summed E-state index contributed by atoms with van der Waals surface area (Å²) in [7, 11) is 0. The number of carbonyl (C=O) groups is 1. The molecule has 21 heavy (non-hydrogen) atoms. The Bertz CT molecular complexity index is 523. The van der Waals surface area contributed by atoms with E-state index in [-0.39, 0.29) is 17.5 Å². The molecule has 3 aliphatic heterocycles. The summed E-state index contributed by atoms with van der Waals surface area (Å²) in [5, 5.41) is 0. The lowest BCUT2D eigenvalue weighted by molar-refractivity contribution is -0.313. The van der Waals surface area contributed by atoms with Crippen LogP contribution in [0.1, 0.15) is 45.6 Å². The summed E-state index contributed by atoms with van der Waals surface area (Å²) in [5.41, 5.74) is -0.285. The molecular formula is C18H24O3. The van der Waals surface area contributed by atoms with E-state index < -0.39 is 5.60 Å². The highest BCUT2D eigenvalue weighted by molar-refractivity contribution is 5.84. The maximum Gasteiger partial charge on any atom is 0.343 e. The fourth-order valence-electron chi connectivity index (χ4n) is 3.68. The van der Waals surface area contributed by atoms with Crippen LogP contribution in [-0.2, 0) is 19.9 Å². The minimum absolute atomic E-state index is 0.116. The van der Waals surface area contributed by atoms with Gasteiger partial charge in [0.2, 0.25) is 0 Å². The summed E-state index contributed by atoms with van der Waals surface area (Å²) < 4.78 is 11.8. The topological polar surface area (TPSA) is 35.5 Å². The fourth-order valence-corrected chi connectivity index (χ4v) is 3.68. The van der Waals surface area contributed by atoms with Crippen molar-refractivity contribution >= 4 is 5.97 Å². The number of hydrogen-bond acceptors (Lipinski definition) is 3. The van der Waals surface area contributed by atoms with E-state index in [9.17, 15) is 4.79 Å². The summed E-state index contributed by atoms with van der Waals surface area (Å²) in [6.45, 7) is 6.95. The number of hydrogen-bond donors (Lipinski definition) is 0. The zero-order valence-corrected chi connectivity index (χ0v) is 13.1. The number of benzene rings is 1. The van der Waals surface area contributed by atoms with Crippen molar-refractivity contribution in [1.82, 2.24) is 0 Å². The van der Waals surface area contributed by atoms with Crippen LogP contribution in [0.25, 0.3) is 0 Å². The average Bonchev–Trinajstić information content (AvgIpc) is 2.47. The van der Waals surface area contributed by atoms with Gasteiger partial charge in [-0.05, 0) is 30.7 Å². The summed E-state index contributed by atoms with van der Waals surface area (Å²) in [6, 6.07) is 9.79. The molecule has 0 aliphatic carbocycles. The van der Waals surface area contributed by atoms with Crippen molar-refractivity contribution in [2.45, 2.75) is 51.7 Å². The van der Waals surface area contributed by atoms with E-state index in [1.807, 2.05) is 30.3 Å².